The van der Waals surface area contributed by atoms with Crippen molar-refractivity contribution in [1.29, 1.82) is 5.41 Å². The SMILES string of the molecule is CN1CCN(C(=O)c2ccc(C#CCNc3ccc(C(=N)NC(=O)OC(C)(C)C)cc3)cc2)CC1. The van der Waals surface area contributed by atoms with Crippen LogP contribution >= 0.6 is 0 Å². The summed E-state index contributed by atoms with van der Waals surface area (Å²) in [6.45, 7) is 9.05. The van der Waals surface area contributed by atoms with Crippen molar-refractivity contribution in [3.8, 4) is 11.8 Å². The molecule has 1 aliphatic rings. The van der Waals surface area contributed by atoms with Crippen molar-refractivity contribution < 1.29 is 14.3 Å². The number of amidine groups is 1. The number of likely N-dealkylation sites (N-methyl/N-ethyl adjacent to an activating group) is 1. The summed E-state index contributed by atoms with van der Waals surface area (Å²) >= 11 is 0. The van der Waals surface area contributed by atoms with E-state index < -0.39 is 11.7 Å². The zero-order chi connectivity index (χ0) is 25.4. The van der Waals surface area contributed by atoms with E-state index in [1.165, 1.54) is 0 Å². The van der Waals surface area contributed by atoms with E-state index >= 15 is 0 Å². The molecular weight excluding hydrogens is 442 g/mol. The molecule has 184 valence electrons. The molecular formula is C27H33N5O3. The number of carbonyl (C=O) groups excluding carboxylic acids is 2. The first-order valence-electron chi connectivity index (χ1n) is 11.6. The van der Waals surface area contributed by atoms with Gasteiger partial charge < -0.3 is 19.9 Å². The highest BCUT2D eigenvalue weighted by Gasteiger charge is 2.20. The Labute approximate surface area is 207 Å². The quantitative estimate of drug-likeness (QED) is 0.358. The van der Waals surface area contributed by atoms with Gasteiger partial charge in [0.05, 0.1) is 6.54 Å². The number of rotatable bonds is 4. The molecule has 0 unspecified atom stereocenters. The highest BCUT2D eigenvalue weighted by Crippen LogP contribution is 2.12. The van der Waals surface area contributed by atoms with Crippen LogP contribution in [0.3, 0.4) is 0 Å². The first-order chi connectivity index (χ1) is 16.6. The number of piperazine rings is 1. The summed E-state index contributed by atoms with van der Waals surface area (Å²) in [5.41, 5.74) is 2.33. The standard InChI is InChI=1S/C27H33N5O3/c1-27(2,3)35-26(34)30-24(28)21-11-13-23(14-12-21)29-15-5-6-20-7-9-22(10-8-20)25(33)32-18-16-31(4)17-19-32/h7-14,29H,15-19H2,1-4H3,(H2,28,30,34). The van der Waals surface area contributed by atoms with Crippen LogP contribution in [0.4, 0.5) is 10.5 Å². The molecule has 1 aliphatic heterocycles. The van der Waals surface area contributed by atoms with Gasteiger partial charge in [-0.3, -0.25) is 15.5 Å². The fourth-order valence-electron chi connectivity index (χ4n) is 3.41. The average Bonchev–Trinajstić information content (AvgIpc) is 2.81. The van der Waals surface area contributed by atoms with Crippen LogP contribution in [0, 0.1) is 17.3 Å². The molecule has 2 aromatic rings. The number of nitrogens with zero attached hydrogens (tertiary/aromatic N) is 2. The van der Waals surface area contributed by atoms with E-state index in [0.29, 0.717) is 17.7 Å². The van der Waals surface area contributed by atoms with Crippen LogP contribution in [-0.4, -0.2) is 73.0 Å². The summed E-state index contributed by atoms with van der Waals surface area (Å²) in [4.78, 5) is 28.6. The minimum Gasteiger partial charge on any atom is -0.444 e. The van der Waals surface area contributed by atoms with Crippen LogP contribution in [0.2, 0.25) is 0 Å². The first kappa shape index (κ1) is 25.8. The van der Waals surface area contributed by atoms with Crippen LogP contribution in [0.1, 0.15) is 42.3 Å². The van der Waals surface area contributed by atoms with Crippen molar-refractivity contribution in [2.24, 2.45) is 0 Å². The van der Waals surface area contributed by atoms with Gasteiger partial charge in [-0.25, -0.2) is 4.79 Å². The van der Waals surface area contributed by atoms with Crippen LogP contribution in [-0.2, 0) is 4.74 Å². The molecule has 0 aromatic heterocycles. The molecule has 35 heavy (non-hydrogen) atoms. The smallest absolute Gasteiger partial charge is 0.413 e. The lowest BCUT2D eigenvalue weighted by molar-refractivity contribution is 0.0562. The molecule has 0 atom stereocenters. The highest BCUT2D eigenvalue weighted by atomic mass is 16.6. The monoisotopic (exact) mass is 475 g/mol. The Kier molecular flexibility index (Phi) is 8.50. The van der Waals surface area contributed by atoms with Gasteiger partial charge in [0, 0.05) is 48.6 Å². The minimum absolute atomic E-state index is 0.0276. The lowest BCUT2D eigenvalue weighted by atomic mass is 10.1. The van der Waals surface area contributed by atoms with E-state index in [1.807, 2.05) is 41.3 Å². The maximum absolute atomic E-state index is 12.6. The van der Waals surface area contributed by atoms with Gasteiger partial charge in [-0.15, -0.1) is 0 Å². The van der Waals surface area contributed by atoms with Crippen molar-refractivity contribution in [2.75, 3.05) is 45.1 Å². The molecule has 8 nitrogen and oxygen atoms in total. The number of ether oxygens (including phenoxy) is 1. The Morgan fingerprint density at radius 3 is 2.17 bits per heavy atom. The maximum Gasteiger partial charge on any atom is 0.413 e. The third-order valence-electron chi connectivity index (χ3n) is 5.34. The highest BCUT2D eigenvalue weighted by molar-refractivity contribution is 6.04. The van der Waals surface area contributed by atoms with Crippen molar-refractivity contribution in [3.63, 3.8) is 0 Å². The van der Waals surface area contributed by atoms with Gasteiger partial charge in [0.25, 0.3) is 5.91 Å². The molecule has 0 spiro atoms. The first-order valence-corrected chi connectivity index (χ1v) is 11.6. The molecule has 3 rings (SSSR count). The molecule has 0 saturated carbocycles. The summed E-state index contributed by atoms with van der Waals surface area (Å²) in [6, 6.07) is 14.5. The molecule has 2 amide bonds. The average molecular weight is 476 g/mol. The molecule has 3 N–H and O–H groups in total. The zero-order valence-corrected chi connectivity index (χ0v) is 20.8. The van der Waals surface area contributed by atoms with Gasteiger partial charge in [0.2, 0.25) is 0 Å². The lowest BCUT2D eigenvalue weighted by Gasteiger charge is -2.32. The van der Waals surface area contributed by atoms with Gasteiger partial charge in [-0.1, -0.05) is 11.8 Å². The third-order valence-corrected chi connectivity index (χ3v) is 5.34. The predicted octanol–water partition coefficient (Wildman–Crippen LogP) is 3.39. The zero-order valence-electron chi connectivity index (χ0n) is 20.8. The second kappa shape index (κ2) is 11.5. The fraction of sp³-hybridized carbons (Fsp3) is 0.370. The number of carbonyl (C=O) groups is 2. The van der Waals surface area contributed by atoms with Crippen LogP contribution < -0.4 is 10.6 Å². The van der Waals surface area contributed by atoms with E-state index in [4.69, 9.17) is 10.1 Å². The van der Waals surface area contributed by atoms with E-state index in [9.17, 15) is 9.59 Å². The number of hydrogen-bond donors (Lipinski definition) is 3. The third kappa shape index (κ3) is 8.16. The molecule has 2 aromatic carbocycles. The Bertz CT molecular complexity index is 1100. The number of alkyl carbamates (subject to hydrolysis) is 1. The Hall–Kier alpha value is -3.83. The van der Waals surface area contributed by atoms with Gasteiger partial charge in [-0.2, -0.15) is 0 Å². The number of hydrogen-bond acceptors (Lipinski definition) is 6. The van der Waals surface area contributed by atoms with Gasteiger partial charge in [-0.05, 0) is 76.3 Å². The molecule has 1 fully saturated rings. The van der Waals surface area contributed by atoms with Gasteiger partial charge in [0.15, 0.2) is 0 Å². The summed E-state index contributed by atoms with van der Waals surface area (Å²) in [7, 11) is 2.07. The van der Waals surface area contributed by atoms with E-state index in [2.05, 4.69) is 34.4 Å². The number of anilines is 1. The second-order valence-corrected chi connectivity index (χ2v) is 9.41. The minimum atomic E-state index is -0.656. The van der Waals surface area contributed by atoms with Crippen molar-refractivity contribution >= 4 is 23.5 Å². The van der Waals surface area contributed by atoms with E-state index in [-0.39, 0.29) is 11.7 Å². The number of amides is 2. The summed E-state index contributed by atoms with van der Waals surface area (Å²) in [5, 5.41) is 13.7. The lowest BCUT2D eigenvalue weighted by Crippen LogP contribution is -2.47. The summed E-state index contributed by atoms with van der Waals surface area (Å²) in [5.74, 6) is 6.21. The Balaban J connectivity index is 1.46. The fourth-order valence-corrected chi connectivity index (χ4v) is 3.41. The Morgan fingerprint density at radius 1 is 0.971 bits per heavy atom. The molecule has 1 saturated heterocycles. The van der Waals surface area contributed by atoms with Crippen LogP contribution in [0.25, 0.3) is 0 Å². The molecule has 0 radical (unpaired) electrons. The summed E-state index contributed by atoms with van der Waals surface area (Å²) < 4.78 is 5.17. The Morgan fingerprint density at radius 2 is 1.57 bits per heavy atom. The van der Waals surface area contributed by atoms with E-state index in [1.54, 1.807) is 32.9 Å². The van der Waals surface area contributed by atoms with Crippen molar-refractivity contribution in [2.45, 2.75) is 26.4 Å². The topological polar surface area (TPSA) is 97.8 Å². The largest absolute Gasteiger partial charge is 0.444 e. The van der Waals surface area contributed by atoms with Crippen LogP contribution in [0.15, 0.2) is 48.5 Å². The normalized spacial score (nSPS) is 13.9. The van der Waals surface area contributed by atoms with Crippen molar-refractivity contribution in [3.05, 3.63) is 65.2 Å². The molecule has 8 heteroatoms. The molecule has 0 bridgehead atoms. The molecule has 1 heterocycles. The second-order valence-electron chi connectivity index (χ2n) is 9.41. The maximum atomic E-state index is 12.6. The van der Waals surface area contributed by atoms with Crippen molar-refractivity contribution in [1.82, 2.24) is 15.1 Å². The van der Waals surface area contributed by atoms with E-state index in [0.717, 1.165) is 37.4 Å². The molecule has 0 aliphatic carbocycles. The van der Waals surface area contributed by atoms with Crippen LogP contribution in [0.5, 0.6) is 0 Å². The number of benzene rings is 2. The summed E-state index contributed by atoms with van der Waals surface area (Å²) in [6.07, 6.45) is -0.656. The van der Waals surface area contributed by atoms with Gasteiger partial charge in [0.1, 0.15) is 11.4 Å². The number of nitrogens with one attached hydrogen (secondary N) is 3. The van der Waals surface area contributed by atoms with Gasteiger partial charge >= 0.3 is 6.09 Å². The predicted molar refractivity (Wildman–Crippen MR) is 138 cm³/mol.